The van der Waals surface area contributed by atoms with Crippen LogP contribution in [0.5, 0.6) is 0 Å². The van der Waals surface area contributed by atoms with E-state index in [1.54, 1.807) is 4.31 Å². The Morgan fingerprint density at radius 3 is 2.68 bits per heavy atom. The Labute approximate surface area is 119 Å². The van der Waals surface area contributed by atoms with Crippen LogP contribution in [0.4, 0.5) is 0 Å². The molecule has 2 rings (SSSR count). The summed E-state index contributed by atoms with van der Waals surface area (Å²) in [6.45, 7) is 6.22. The number of rotatable bonds is 5. The van der Waals surface area contributed by atoms with Gasteiger partial charge in [-0.05, 0) is 39.3 Å². The first-order valence-corrected chi connectivity index (χ1v) is 8.96. The summed E-state index contributed by atoms with van der Waals surface area (Å²) in [7, 11) is -3.38. The van der Waals surface area contributed by atoms with Crippen molar-refractivity contribution in [2.75, 3.05) is 19.6 Å². The van der Waals surface area contributed by atoms with E-state index in [0.717, 1.165) is 37.4 Å². The van der Waals surface area contributed by atoms with Gasteiger partial charge in [-0.2, -0.15) is 4.31 Å². The van der Waals surface area contributed by atoms with Gasteiger partial charge in [-0.1, -0.05) is 6.92 Å². The van der Waals surface area contributed by atoms with Gasteiger partial charge in [-0.15, -0.1) is 11.3 Å². The Morgan fingerprint density at radius 1 is 1.47 bits per heavy atom. The minimum absolute atomic E-state index is 0.119. The van der Waals surface area contributed by atoms with E-state index in [-0.39, 0.29) is 6.04 Å². The van der Waals surface area contributed by atoms with E-state index >= 15 is 0 Å². The van der Waals surface area contributed by atoms with Crippen molar-refractivity contribution in [1.29, 1.82) is 0 Å². The molecule has 1 aromatic rings. The van der Waals surface area contributed by atoms with Crippen LogP contribution in [0.3, 0.4) is 0 Å². The number of sulfonamides is 1. The van der Waals surface area contributed by atoms with E-state index in [1.807, 2.05) is 13.8 Å². The number of hydrogen-bond acceptors (Lipinski definition) is 5. The highest BCUT2D eigenvalue weighted by Gasteiger charge is 2.32. The number of thiazole rings is 1. The average molecular weight is 303 g/mol. The molecule has 0 unspecified atom stereocenters. The fourth-order valence-corrected chi connectivity index (χ4v) is 5.41. The smallest absolute Gasteiger partial charge is 0.254 e. The number of aryl methyl sites for hydroxylation is 1. The monoisotopic (exact) mass is 303 g/mol. The van der Waals surface area contributed by atoms with Gasteiger partial charge in [-0.25, -0.2) is 13.4 Å². The molecule has 108 valence electrons. The van der Waals surface area contributed by atoms with Crippen LogP contribution in [0.15, 0.2) is 10.4 Å². The quantitative estimate of drug-likeness (QED) is 0.897. The summed E-state index contributed by atoms with van der Waals surface area (Å²) in [4.78, 5) is 4.07. The molecule has 2 heterocycles. The standard InChI is InChI=1S/C12H21N3O2S2/c1-3-8-15(11-4-6-13-7-5-11)19(16,17)12-9-14-10(2)18-12/h9,11,13H,3-8H2,1-2H3. The predicted molar refractivity (Wildman–Crippen MR) is 76.9 cm³/mol. The Balaban J connectivity index is 2.26. The molecule has 0 spiro atoms. The van der Waals surface area contributed by atoms with Crippen LogP contribution in [0.1, 0.15) is 31.2 Å². The van der Waals surface area contributed by atoms with Gasteiger partial charge in [0.2, 0.25) is 0 Å². The van der Waals surface area contributed by atoms with Crippen LogP contribution < -0.4 is 5.32 Å². The Bertz CT molecular complexity index is 507. The first kappa shape index (κ1) is 14.9. The zero-order chi connectivity index (χ0) is 13.9. The third kappa shape index (κ3) is 3.34. The number of piperidine rings is 1. The lowest BCUT2D eigenvalue weighted by molar-refractivity contribution is 0.262. The molecule has 5 nitrogen and oxygen atoms in total. The first-order valence-electron chi connectivity index (χ1n) is 6.70. The molecule has 1 aliphatic rings. The molecule has 0 aromatic carbocycles. The van der Waals surface area contributed by atoms with Gasteiger partial charge in [0.15, 0.2) is 4.21 Å². The van der Waals surface area contributed by atoms with Crippen LogP contribution in [0, 0.1) is 6.92 Å². The maximum Gasteiger partial charge on any atom is 0.254 e. The van der Waals surface area contributed by atoms with Gasteiger partial charge in [0, 0.05) is 12.6 Å². The highest BCUT2D eigenvalue weighted by molar-refractivity contribution is 7.91. The van der Waals surface area contributed by atoms with Crippen LogP contribution in [-0.4, -0.2) is 43.4 Å². The van der Waals surface area contributed by atoms with Gasteiger partial charge >= 0.3 is 0 Å². The molecule has 1 N–H and O–H groups in total. The van der Waals surface area contributed by atoms with Crippen molar-refractivity contribution in [2.45, 2.75) is 43.4 Å². The lowest BCUT2D eigenvalue weighted by Crippen LogP contribution is -2.46. The summed E-state index contributed by atoms with van der Waals surface area (Å²) in [6, 6.07) is 0.119. The second-order valence-corrected chi connectivity index (χ2v) is 8.15. The number of hydrogen-bond donors (Lipinski definition) is 1. The molecule has 0 saturated carbocycles. The van der Waals surface area contributed by atoms with Crippen molar-refractivity contribution in [1.82, 2.24) is 14.6 Å². The molecule has 1 aromatic heterocycles. The van der Waals surface area contributed by atoms with Crippen LogP contribution in [0.2, 0.25) is 0 Å². The van der Waals surface area contributed by atoms with Gasteiger partial charge in [0.05, 0.1) is 11.2 Å². The van der Waals surface area contributed by atoms with Crippen LogP contribution in [0.25, 0.3) is 0 Å². The predicted octanol–water partition coefficient (Wildman–Crippen LogP) is 1.60. The largest absolute Gasteiger partial charge is 0.317 e. The van der Waals surface area contributed by atoms with E-state index < -0.39 is 10.0 Å². The van der Waals surface area contributed by atoms with Gasteiger partial charge in [0.1, 0.15) is 0 Å². The molecular formula is C12H21N3O2S2. The summed E-state index contributed by atoms with van der Waals surface area (Å²) in [5, 5.41) is 4.07. The Hall–Kier alpha value is -0.500. The molecule has 1 aliphatic heterocycles. The SMILES string of the molecule is CCCN(C1CCNCC1)S(=O)(=O)c1cnc(C)s1. The van der Waals surface area contributed by atoms with Crippen molar-refractivity contribution >= 4 is 21.4 Å². The van der Waals surface area contributed by atoms with Crippen molar-refractivity contribution in [2.24, 2.45) is 0 Å². The molecular weight excluding hydrogens is 282 g/mol. The second-order valence-electron chi connectivity index (χ2n) is 4.80. The molecule has 0 radical (unpaired) electrons. The summed E-state index contributed by atoms with van der Waals surface area (Å²) < 4.78 is 27.5. The Morgan fingerprint density at radius 2 is 2.16 bits per heavy atom. The van der Waals surface area contributed by atoms with Crippen molar-refractivity contribution in [3.05, 3.63) is 11.2 Å². The highest BCUT2D eigenvalue weighted by Crippen LogP contribution is 2.26. The lowest BCUT2D eigenvalue weighted by Gasteiger charge is -2.33. The Kier molecular flexibility index (Phi) is 4.94. The number of nitrogens with zero attached hydrogens (tertiary/aromatic N) is 2. The maximum atomic E-state index is 12.7. The van der Waals surface area contributed by atoms with E-state index in [2.05, 4.69) is 10.3 Å². The third-order valence-electron chi connectivity index (χ3n) is 3.32. The lowest BCUT2D eigenvalue weighted by atomic mass is 10.1. The molecule has 0 amide bonds. The molecule has 1 saturated heterocycles. The second kappa shape index (κ2) is 6.30. The first-order chi connectivity index (χ1) is 9.05. The zero-order valence-corrected chi connectivity index (χ0v) is 13.1. The number of aromatic nitrogens is 1. The highest BCUT2D eigenvalue weighted by atomic mass is 32.2. The van der Waals surface area contributed by atoms with Crippen LogP contribution >= 0.6 is 11.3 Å². The zero-order valence-electron chi connectivity index (χ0n) is 11.4. The van der Waals surface area contributed by atoms with E-state index in [4.69, 9.17) is 0 Å². The maximum absolute atomic E-state index is 12.7. The third-order valence-corrected chi connectivity index (χ3v) is 6.62. The van der Waals surface area contributed by atoms with E-state index in [9.17, 15) is 8.42 Å². The van der Waals surface area contributed by atoms with Crippen molar-refractivity contribution < 1.29 is 8.42 Å². The van der Waals surface area contributed by atoms with Crippen LogP contribution in [-0.2, 0) is 10.0 Å². The van der Waals surface area contributed by atoms with Gasteiger partial charge < -0.3 is 5.32 Å². The molecule has 1 fully saturated rings. The average Bonchev–Trinajstić information content (AvgIpc) is 2.84. The summed E-state index contributed by atoms with van der Waals surface area (Å²) in [6.07, 6.45) is 4.09. The van der Waals surface area contributed by atoms with Gasteiger partial charge in [0.25, 0.3) is 10.0 Å². The molecule has 0 atom stereocenters. The fourth-order valence-electron chi connectivity index (χ4n) is 2.39. The number of nitrogens with one attached hydrogen (secondary N) is 1. The summed E-state index contributed by atoms with van der Waals surface area (Å²) in [5.74, 6) is 0. The van der Waals surface area contributed by atoms with E-state index in [0.29, 0.717) is 10.8 Å². The summed E-state index contributed by atoms with van der Waals surface area (Å²) >= 11 is 1.26. The van der Waals surface area contributed by atoms with Crippen molar-refractivity contribution in [3.63, 3.8) is 0 Å². The van der Waals surface area contributed by atoms with Gasteiger partial charge in [-0.3, -0.25) is 0 Å². The molecule has 19 heavy (non-hydrogen) atoms. The minimum atomic E-state index is -3.38. The molecule has 7 heteroatoms. The normalized spacial score (nSPS) is 18.1. The minimum Gasteiger partial charge on any atom is -0.317 e. The molecule has 0 bridgehead atoms. The van der Waals surface area contributed by atoms with E-state index in [1.165, 1.54) is 17.5 Å². The fraction of sp³-hybridized carbons (Fsp3) is 0.750. The molecule has 0 aliphatic carbocycles. The van der Waals surface area contributed by atoms with Crippen molar-refractivity contribution in [3.8, 4) is 0 Å². The topological polar surface area (TPSA) is 62.3 Å². The summed E-state index contributed by atoms with van der Waals surface area (Å²) in [5.41, 5.74) is 0.